The summed E-state index contributed by atoms with van der Waals surface area (Å²) in [6.07, 6.45) is 3.63. The van der Waals surface area contributed by atoms with Crippen LogP contribution in [0.15, 0.2) is 42.7 Å². The molecule has 0 saturated carbocycles. The Morgan fingerprint density at radius 3 is 2.57 bits per heavy atom. The second kappa shape index (κ2) is 4.88. The Morgan fingerprint density at radius 2 is 1.90 bits per heavy atom. The Labute approximate surface area is 124 Å². The minimum atomic E-state index is -0.0464. The monoisotopic (exact) mass is 280 g/mol. The van der Waals surface area contributed by atoms with E-state index in [0.29, 0.717) is 0 Å². The average molecular weight is 280 g/mol. The van der Waals surface area contributed by atoms with Crippen LogP contribution in [0.4, 0.5) is 5.82 Å². The maximum Gasteiger partial charge on any atom is 0.139 e. The summed E-state index contributed by atoms with van der Waals surface area (Å²) in [5, 5.41) is 3.58. The van der Waals surface area contributed by atoms with Gasteiger partial charge in [0.1, 0.15) is 17.2 Å². The van der Waals surface area contributed by atoms with Gasteiger partial charge in [0.05, 0.1) is 0 Å². The Kier molecular flexibility index (Phi) is 3.16. The number of aryl methyl sites for hydroxylation is 1. The van der Waals surface area contributed by atoms with Gasteiger partial charge in [-0.1, -0.05) is 6.07 Å². The first-order valence-electron chi connectivity index (χ1n) is 7.12. The zero-order valence-corrected chi connectivity index (χ0v) is 12.9. The van der Waals surface area contributed by atoms with Crippen molar-refractivity contribution in [1.82, 2.24) is 14.4 Å². The lowest BCUT2D eigenvalue weighted by molar-refractivity contribution is 0.629. The predicted octanol–water partition coefficient (Wildman–Crippen LogP) is 3.92. The lowest BCUT2D eigenvalue weighted by Crippen LogP contribution is -2.27. The maximum atomic E-state index is 4.79. The molecule has 108 valence electrons. The number of imidazole rings is 1. The van der Waals surface area contributed by atoms with E-state index >= 15 is 0 Å². The van der Waals surface area contributed by atoms with E-state index in [4.69, 9.17) is 4.98 Å². The van der Waals surface area contributed by atoms with Crippen LogP contribution in [0.3, 0.4) is 0 Å². The van der Waals surface area contributed by atoms with E-state index in [1.807, 2.05) is 30.5 Å². The fourth-order valence-corrected chi connectivity index (χ4v) is 2.43. The van der Waals surface area contributed by atoms with E-state index in [9.17, 15) is 0 Å². The molecule has 3 rings (SSSR count). The van der Waals surface area contributed by atoms with Crippen molar-refractivity contribution in [2.75, 3.05) is 5.32 Å². The number of hydrogen-bond donors (Lipinski definition) is 1. The Balaban J connectivity index is 2.29. The molecule has 0 aliphatic heterocycles. The number of aromatic nitrogens is 3. The van der Waals surface area contributed by atoms with Gasteiger partial charge in [-0.05, 0) is 52.0 Å². The van der Waals surface area contributed by atoms with Crippen molar-refractivity contribution in [2.24, 2.45) is 0 Å². The molecule has 3 heterocycles. The maximum absolute atomic E-state index is 4.79. The molecule has 4 heteroatoms. The van der Waals surface area contributed by atoms with Gasteiger partial charge in [-0.3, -0.25) is 9.38 Å². The number of hydrogen-bond acceptors (Lipinski definition) is 3. The largest absolute Gasteiger partial charge is 0.365 e. The van der Waals surface area contributed by atoms with Crippen molar-refractivity contribution >= 4 is 11.5 Å². The summed E-state index contributed by atoms with van der Waals surface area (Å²) in [5.41, 5.74) is 4.01. The average Bonchev–Trinajstić information content (AvgIpc) is 2.78. The molecule has 1 N–H and O–H groups in total. The van der Waals surface area contributed by atoms with Crippen molar-refractivity contribution in [1.29, 1.82) is 0 Å². The van der Waals surface area contributed by atoms with Crippen molar-refractivity contribution in [3.05, 3.63) is 48.4 Å². The number of fused-ring (bicyclic) bond motifs is 1. The molecule has 0 amide bonds. The number of pyridine rings is 2. The van der Waals surface area contributed by atoms with Gasteiger partial charge >= 0.3 is 0 Å². The van der Waals surface area contributed by atoms with Gasteiger partial charge in [-0.2, -0.15) is 0 Å². The standard InChI is InChI=1S/C17H20N4/c1-12-7-5-9-14-19-15(13-8-6-10-18-11-13)16(21(12)14)20-17(2,3)4/h5-11,20H,1-4H3. The molecule has 3 aromatic rings. The summed E-state index contributed by atoms with van der Waals surface area (Å²) in [4.78, 5) is 9.00. The normalized spacial score (nSPS) is 11.8. The first kappa shape index (κ1) is 13.6. The summed E-state index contributed by atoms with van der Waals surface area (Å²) < 4.78 is 2.16. The zero-order chi connectivity index (χ0) is 15.0. The van der Waals surface area contributed by atoms with Crippen LogP contribution in [-0.2, 0) is 0 Å². The molecule has 0 aliphatic carbocycles. The highest BCUT2D eigenvalue weighted by Crippen LogP contribution is 2.31. The lowest BCUT2D eigenvalue weighted by atomic mass is 10.1. The summed E-state index contributed by atoms with van der Waals surface area (Å²) >= 11 is 0. The van der Waals surface area contributed by atoms with Crippen LogP contribution in [0.25, 0.3) is 16.9 Å². The van der Waals surface area contributed by atoms with Crippen LogP contribution in [0.2, 0.25) is 0 Å². The third-order valence-electron chi connectivity index (χ3n) is 3.27. The molecule has 0 fully saturated rings. The van der Waals surface area contributed by atoms with Crippen LogP contribution in [0, 0.1) is 6.92 Å². The molecule has 0 radical (unpaired) electrons. The molecule has 3 aromatic heterocycles. The molecule has 4 nitrogen and oxygen atoms in total. The van der Waals surface area contributed by atoms with E-state index in [-0.39, 0.29) is 5.54 Å². The number of nitrogens with zero attached hydrogens (tertiary/aromatic N) is 3. The van der Waals surface area contributed by atoms with Crippen molar-refractivity contribution in [2.45, 2.75) is 33.2 Å². The number of rotatable bonds is 2. The summed E-state index contributed by atoms with van der Waals surface area (Å²) in [6, 6.07) is 10.1. The van der Waals surface area contributed by atoms with Gasteiger partial charge in [-0.15, -0.1) is 0 Å². The smallest absolute Gasteiger partial charge is 0.139 e. The van der Waals surface area contributed by atoms with E-state index in [0.717, 1.165) is 28.4 Å². The van der Waals surface area contributed by atoms with Crippen LogP contribution in [0.1, 0.15) is 26.5 Å². The summed E-state index contributed by atoms with van der Waals surface area (Å²) in [6.45, 7) is 8.54. The fraction of sp³-hybridized carbons (Fsp3) is 0.294. The molecule has 0 atom stereocenters. The first-order valence-corrected chi connectivity index (χ1v) is 7.12. The summed E-state index contributed by atoms with van der Waals surface area (Å²) in [7, 11) is 0. The quantitative estimate of drug-likeness (QED) is 0.773. The van der Waals surface area contributed by atoms with Crippen LogP contribution < -0.4 is 5.32 Å². The van der Waals surface area contributed by atoms with Crippen molar-refractivity contribution in [3.8, 4) is 11.3 Å². The van der Waals surface area contributed by atoms with Gasteiger partial charge in [0, 0.05) is 29.2 Å². The zero-order valence-electron chi connectivity index (χ0n) is 12.9. The molecule has 0 spiro atoms. The molecule has 0 unspecified atom stereocenters. The summed E-state index contributed by atoms with van der Waals surface area (Å²) in [5.74, 6) is 1.02. The lowest BCUT2D eigenvalue weighted by Gasteiger charge is -2.23. The topological polar surface area (TPSA) is 42.2 Å². The Morgan fingerprint density at radius 1 is 1.10 bits per heavy atom. The van der Waals surface area contributed by atoms with Gasteiger partial charge in [0.25, 0.3) is 0 Å². The number of anilines is 1. The third kappa shape index (κ3) is 2.61. The Hall–Kier alpha value is -2.36. The van der Waals surface area contributed by atoms with Crippen molar-refractivity contribution < 1.29 is 0 Å². The Bertz CT molecular complexity index is 767. The molecule has 21 heavy (non-hydrogen) atoms. The first-order chi connectivity index (χ1) is 9.96. The van der Waals surface area contributed by atoms with E-state index in [1.165, 1.54) is 0 Å². The molecule has 0 aliphatic rings. The third-order valence-corrected chi connectivity index (χ3v) is 3.27. The molecule has 0 saturated heterocycles. The highest BCUT2D eigenvalue weighted by molar-refractivity contribution is 5.76. The second-order valence-corrected chi connectivity index (χ2v) is 6.29. The fourth-order valence-electron chi connectivity index (χ4n) is 2.43. The van der Waals surface area contributed by atoms with Crippen LogP contribution in [-0.4, -0.2) is 19.9 Å². The minimum absolute atomic E-state index is 0.0464. The molecule has 0 aromatic carbocycles. The van der Waals surface area contributed by atoms with E-state index in [2.05, 4.69) is 48.5 Å². The van der Waals surface area contributed by atoms with E-state index < -0.39 is 0 Å². The van der Waals surface area contributed by atoms with Gasteiger partial charge in [0.15, 0.2) is 0 Å². The van der Waals surface area contributed by atoms with Crippen LogP contribution in [0.5, 0.6) is 0 Å². The van der Waals surface area contributed by atoms with E-state index in [1.54, 1.807) is 6.20 Å². The van der Waals surface area contributed by atoms with Crippen LogP contribution >= 0.6 is 0 Å². The minimum Gasteiger partial charge on any atom is -0.365 e. The van der Waals surface area contributed by atoms with Gasteiger partial charge < -0.3 is 5.32 Å². The molecular formula is C17H20N4. The highest BCUT2D eigenvalue weighted by atomic mass is 15.2. The second-order valence-electron chi connectivity index (χ2n) is 6.29. The van der Waals surface area contributed by atoms with Crippen molar-refractivity contribution in [3.63, 3.8) is 0 Å². The van der Waals surface area contributed by atoms with Gasteiger partial charge in [-0.25, -0.2) is 4.98 Å². The number of nitrogens with one attached hydrogen (secondary N) is 1. The molecular weight excluding hydrogens is 260 g/mol. The SMILES string of the molecule is Cc1cccc2nc(-c3cccnc3)c(NC(C)(C)C)n12. The predicted molar refractivity (Wildman–Crippen MR) is 86.5 cm³/mol. The highest BCUT2D eigenvalue weighted by Gasteiger charge is 2.19. The van der Waals surface area contributed by atoms with Gasteiger partial charge in [0.2, 0.25) is 0 Å². The molecule has 0 bridgehead atoms.